The van der Waals surface area contributed by atoms with Crippen molar-refractivity contribution in [2.75, 3.05) is 13.7 Å². The van der Waals surface area contributed by atoms with Crippen molar-refractivity contribution in [1.29, 1.82) is 0 Å². The Labute approximate surface area is 202 Å². The molecule has 0 saturated heterocycles. The van der Waals surface area contributed by atoms with Crippen LogP contribution in [0.3, 0.4) is 0 Å². The van der Waals surface area contributed by atoms with Gasteiger partial charge in [-0.25, -0.2) is 9.78 Å². The first-order chi connectivity index (χ1) is 16.0. The van der Waals surface area contributed by atoms with E-state index in [1.165, 1.54) is 7.11 Å². The van der Waals surface area contributed by atoms with Crippen molar-refractivity contribution in [3.63, 3.8) is 0 Å². The van der Waals surface area contributed by atoms with Crippen LogP contribution in [0.1, 0.15) is 18.5 Å². The molecule has 0 aliphatic heterocycles. The molecule has 0 fully saturated rings. The minimum absolute atomic E-state index is 0.376. The number of carbonyl (C=O) groups excluding carboxylic acids is 1. The van der Waals surface area contributed by atoms with E-state index in [0.717, 1.165) is 22.4 Å². The summed E-state index contributed by atoms with van der Waals surface area (Å²) in [5.74, 6) is 0.985. The average Bonchev–Trinajstić information content (AvgIpc) is 3.31. The van der Waals surface area contributed by atoms with Crippen LogP contribution in [0.4, 0.5) is 0 Å². The van der Waals surface area contributed by atoms with Gasteiger partial charge in [-0.05, 0) is 48.4 Å². The zero-order chi connectivity index (χ0) is 23.4. The fourth-order valence-electron chi connectivity index (χ4n) is 3.72. The molecular weight excluding hydrogens is 459 g/mol. The number of benzene rings is 3. The summed E-state index contributed by atoms with van der Waals surface area (Å²) in [5, 5.41) is 0.863. The number of aromatic nitrogens is 2. The predicted molar refractivity (Wildman–Crippen MR) is 131 cm³/mol. The number of nitrogens with zero attached hydrogens (tertiary/aromatic N) is 2. The molecule has 1 heterocycles. The summed E-state index contributed by atoms with van der Waals surface area (Å²) in [6.07, 6.45) is 3.39. The van der Waals surface area contributed by atoms with Crippen LogP contribution in [-0.2, 0) is 9.53 Å². The molecule has 0 amide bonds. The molecule has 0 N–H and O–H groups in total. The van der Waals surface area contributed by atoms with Gasteiger partial charge in [0.05, 0.1) is 13.7 Å². The number of carbonyl (C=O) groups is 1. The molecule has 3 aromatic carbocycles. The zero-order valence-corrected chi connectivity index (χ0v) is 19.7. The minimum Gasteiger partial charge on any atom is -0.494 e. The number of esters is 1. The van der Waals surface area contributed by atoms with Gasteiger partial charge in [0.1, 0.15) is 11.6 Å². The van der Waals surface area contributed by atoms with Gasteiger partial charge in [0.25, 0.3) is 0 Å². The smallest absolute Gasteiger partial charge is 0.333 e. The highest BCUT2D eigenvalue weighted by atomic mass is 35.5. The fraction of sp³-hybridized carbons (Fsp3) is 0.154. The van der Waals surface area contributed by atoms with E-state index in [-0.39, 0.29) is 0 Å². The Hall–Kier alpha value is -3.28. The molecule has 0 radical (unpaired) electrons. The first-order valence-corrected chi connectivity index (χ1v) is 11.2. The van der Waals surface area contributed by atoms with Crippen LogP contribution in [0.2, 0.25) is 10.0 Å². The van der Waals surface area contributed by atoms with Gasteiger partial charge in [0.2, 0.25) is 0 Å². The van der Waals surface area contributed by atoms with Crippen molar-refractivity contribution in [3.05, 3.63) is 94.7 Å². The maximum Gasteiger partial charge on any atom is 0.333 e. The van der Waals surface area contributed by atoms with Crippen molar-refractivity contribution in [3.8, 4) is 28.3 Å². The lowest BCUT2D eigenvalue weighted by Crippen LogP contribution is -2.22. The van der Waals surface area contributed by atoms with Gasteiger partial charge in [0, 0.05) is 33.6 Å². The van der Waals surface area contributed by atoms with E-state index in [1.54, 1.807) is 35.2 Å². The Bertz CT molecular complexity index is 1270. The SMILES string of the molecule is CCOc1ccc(-c2cccc(-c3nccn3C(C(=O)OC)c3ccc(Cl)cc3Cl)c2)cc1. The number of methoxy groups -OCH3 is 1. The summed E-state index contributed by atoms with van der Waals surface area (Å²) in [6, 6.07) is 20.1. The van der Waals surface area contributed by atoms with Gasteiger partial charge >= 0.3 is 5.97 Å². The monoisotopic (exact) mass is 480 g/mol. The number of imidazole rings is 1. The lowest BCUT2D eigenvalue weighted by molar-refractivity contribution is -0.143. The summed E-state index contributed by atoms with van der Waals surface area (Å²) in [6.45, 7) is 2.58. The van der Waals surface area contributed by atoms with E-state index in [9.17, 15) is 4.79 Å². The first-order valence-electron chi connectivity index (χ1n) is 10.4. The molecule has 1 aromatic heterocycles. The molecule has 0 bridgehead atoms. The Morgan fingerprint density at radius 2 is 1.76 bits per heavy atom. The molecule has 1 atom stereocenters. The van der Waals surface area contributed by atoms with Crippen LogP contribution in [-0.4, -0.2) is 29.2 Å². The Kier molecular flexibility index (Phi) is 7.02. The maximum absolute atomic E-state index is 12.8. The van der Waals surface area contributed by atoms with Gasteiger partial charge in [-0.1, -0.05) is 59.6 Å². The molecule has 33 heavy (non-hydrogen) atoms. The highest BCUT2D eigenvalue weighted by Gasteiger charge is 2.28. The van der Waals surface area contributed by atoms with Crippen molar-refractivity contribution in [1.82, 2.24) is 9.55 Å². The average molecular weight is 481 g/mol. The molecule has 5 nitrogen and oxygen atoms in total. The molecule has 0 aliphatic carbocycles. The summed E-state index contributed by atoms with van der Waals surface area (Å²) in [7, 11) is 1.35. The van der Waals surface area contributed by atoms with Crippen molar-refractivity contribution in [2.45, 2.75) is 13.0 Å². The van der Waals surface area contributed by atoms with E-state index in [1.807, 2.05) is 55.5 Å². The number of hydrogen-bond acceptors (Lipinski definition) is 4. The zero-order valence-electron chi connectivity index (χ0n) is 18.2. The quantitative estimate of drug-likeness (QED) is 0.276. The van der Waals surface area contributed by atoms with Gasteiger partial charge in [-0.15, -0.1) is 0 Å². The van der Waals surface area contributed by atoms with Crippen LogP contribution in [0, 0.1) is 0 Å². The minimum atomic E-state index is -0.814. The molecular formula is C26H22Cl2N2O3. The Balaban J connectivity index is 1.76. The van der Waals surface area contributed by atoms with Crippen molar-refractivity contribution in [2.24, 2.45) is 0 Å². The van der Waals surface area contributed by atoms with Gasteiger partial charge < -0.3 is 14.0 Å². The maximum atomic E-state index is 12.8. The summed E-state index contributed by atoms with van der Waals surface area (Å²) < 4.78 is 12.4. The molecule has 168 valence electrons. The largest absolute Gasteiger partial charge is 0.494 e. The topological polar surface area (TPSA) is 53.4 Å². The molecule has 0 aliphatic rings. The standard InChI is InChI=1S/C26H22Cl2N2O3/c1-3-33-21-10-7-17(8-11-21)18-5-4-6-19(15-18)25-29-13-14-30(25)24(26(31)32-2)22-12-9-20(27)16-23(22)28/h4-16,24H,3H2,1-2H3. The number of halogens is 2. The third-order valence-corrected chi connectivity index (χ3v) is 5.81. The van der Waals surface area contributed by atoms with Gasteiger partial charge in [0.15, 0.2) is 6.04 Å². The van der Waals surface area contributed by atoms with E-state index in [0.29, 0.717) is 28.0 Å². The highest BCUT2D eigenvalue weighted by molar-refractivity contribution is 6.35. The third kappa shape index (κ3) is 4.90. The second-order valence-electron chi connectivity index (χ2n) is 7.29. The normalized spacial score (nSPS) is 11.8. The summed E-state index contributed by atoms with van der Waals surface area (Å²) >= 11 is 12.5. The second kappa shape index (κ2) is 10.1. The first kappa shape index (κ1) is 22.9. The van der Waals surface area contributed by atoms with Crippen LogP contribution >= 0.6 is 23.2 Å². The number of hydrogen-bond donors (Lipinski definition) is 0. The molecule has 4 aromatic rings. The van der Waals surface area contributed by atoms with Crippen LogP contribution in [0.25, 0.3) is 22.5 Å². The number of rotatable bonds is 7. The van der Waals surface area contributed by atoms with E-state index >= 15 is 0 Å². The van der Waals surface area contributed by atoms with Gasteiger partial charge in [-0.3, -0.25) is 0 Å². The summed E-state index contributed by atoms with van der Waals surface area (Å²) in [4.78, 5) is 17.4. The molecule has 4 rings (SSSR count). The molecule has 7 heteroatoms. The summed E-state index contributed by atoms with van der Waals surface area (Å²) in [5.41, 5.74) is 3.49. The molecule has 0 spiro atoms. The predicted octanol–water partition coefficient (Wildman–Crippen LogP) is 6.69. The second-order valence-corrected chi connectivity index (χ2v) is 8.13. The van der Waals surface area contributed by atoms with E-state index in [4.69, 9.17) is 32.7 Å². The Morgan fingerprint density at radius 1 is 1.00 bits per heavy atom. The van der Waals surface area contributed by atoms with E-state index in [2.05, 4.69) is 4.98 Å². The third-order valence-electron chi connectivity index (χ3n) is 5.25. The fourth-order valence-corrected chi connectivity index (χ4v) is 4.23. The van der Waals surface area contributed by atoms with Crippen molar-refractivity contribution >= 4 is 29.2 Å². The lowest BCUT2D eigenvalue weighted by atomic mass is 10.0. The molecule has 1 unspecified atom stereocenters. The Morgan fingerprint density at radius 3 is 2.45 bits per heavy atom. The van der Waals surface area contributed by atoms with Crippen LogP contribution in [0.15, 0.2) is 79.1 Å². The lowest BCUT2D eigenvalue weighted by Gasteiger charge is -2.20. The molecule has 0 saturated carbocycles. The van der Waals surface area contributed by atoms with Crippen LogP contribution < -0.4 is 4.74 Å². The van der Waals surface area contributed by atoms with Crippen LogP contribution in [0.5, 0.6) is 5.75 Å². The van der Waals surface area contributed by atoms with Crippen molar-refractivity contribution < 1.29 is 14.3 Å². The number of ether oxygens (including phenoxy) is 2. The van der Waals surface area contributed by atoms with E-state index < -0.39 is 12.0 Å². The van der Waals surface area contributed by atoms with Gasteiger partial charge in [-0.2, -0.15) is 0 Å². The highest BCUT2D eigenvalue weighted by Crippen LogP contribution is 2.34.